The molecule has 8 nitrogen and oxygen atoms in total. The maximum Gasteiger partial charge on any atom is 0.333 e. The first-order chi connectivity index (χ1) is 15.8. The molecule has 0 aliphatic carbocycles. The molecule has 10 heteroatoms. The van der Waals surface area contributed by atoms with Crippen LogP contribution in [-0.4, -0.2) is 16.9 Å². The van der Waals surface area contributed by atoms with Gasteiger partial charge in [-0.2, -0.15) is 0 Å². The highest BCUT2D eigenvalue weighted by molar-refractivity contribution is 9.10. The lowest BCUT2D eigenvalue weighted by atomic mass is 10.1. The fraction of sp³-hybridized carbons (Fsp3) is 0.0435. The summed E-state index contributed by atoms with van der Waals surface area (Å²) in [6, 6.07) is 17.1. The Morgan fingerprint density at radius 3 is 2.42 bits per heavy atom. The number of non-ortho nitro benzene ring substituents is 1. The first-order valence-electron chi connectivity index (χ1n) is 9.60. The molecule has 0 bridgehead atoms. The molecule has 3 aromatic carbocycles. The van der Waals surface area contributed by atoms with Crippen LogP contribution in [0.3, 0.4) is 0 Å². The molecule has 0 saturated carbocycles. The topological polar surface area (TPSA) is 102 Å². The zero-order valence-corrected chi connectivity index (χ0v) is 19.2. The molecule has 3 aromatic rings. The highest BCUT2D eigenvalue weighted by Crippen LogP contribution is 2.29. The van der Waals surface area contributed by atoms with E-state index in [0.29, 0.717) is 22.0 Å². The summed E-state index contributed by atoms with van der Waals surface area (Å²) in [5.74, 6) is -0.0420. The van der Waals surface area contributed by atoms with E-state index >= 15 is 0 Å². The van der Waals surface area contributed by atoms with Gasteiger partial charge in [0.25, 0.3) is 11.6 Å². The van der Waals surface area contributed by atoms with E-state index in [0.717, 1.165) is 14.9 Å². The van der Waals surface area contributed by atoms with Crippen molar-refractivity contribution in [2.75, 3.05) is 4.90 Å². The van der Waals surface area contributed by atoms with Gasteiger partial charge in [-0.25, -0.2) is 9.69 Å². The third kappa shape index (κ3) is 5.05. The molecule has 1 fully saturated rings. The van der Waals surface area contributed by atoms with Crippen molar-refractivity contribution in [3.8, 4) is 5.75 Å². The summed E-state index contributed by atoms with van der Waals surface area (Å²) in [6.07, 6.45) is 1.53. The summed E-state index contributed by atoms with van der Waals surface area (Å²) in [4.78, 5) is 36.7. The Morgan fingerprint density at radius 2 is 1.76 bits per heavy atom. The van der Waals surface area contributed by atoms with Crippen LogP contribution in [-0.2, 0) is 11.4 Å². The maximum atomic E-state index is 12.9. The minimum Gasteiger partial charge on any atom is -0.488 e. The summed E-state index contributed by atoms with van der Waals surface area (Å²) in [5.41, 5.74) is 1.78. The Balaban J connectivity index is 1.57. The molecular formula is C23H15BrClN3O5. The molecule has 4 rings (SSSR count). The van der Waals surface area contributed by atoms with Crippen LogP contribution in [0.25, 0.3) is 6.08 Å². The maximum absolute atomic E-state index is 12.9. The zero-order chi connectivity index (χ0) is 23.5. The minimum absolute atomic E-state index is 0.00598. The number of rotatable bonds is 6. The predicted molar refractivity (Wildman–Crippen MR) is 127 cm³/mol. The molecule has 1 saturated heterocycles. The van der Waals surface area contributed by atoms with Gasteiger partial charge in [-0.05, 0) is 66.2 Å². The van der Waals surface area contributed by atoms with E-state index < -0.39 is 16.9 Å². The largest absolute Gasteiger partial charge is 0.488 e. The smallest absolute Gasteiger partial charge is 0.333 e. The molecule has 0 radical (unpaired) electrons. The molecule has 1 aliphatic heterocycles. The fourth-order valence-corrected chi connectivity index (χ4v) is 3.66. The molecule has 1 N–H and O–H groups in total. The molecule has 1 heterocycles. The number of nitro benzene ring substituents is 1. The van der Waals surface area contributed by atoms with Crippen molar-refractivity contribution < 1.29 is 19.2 Å². The lowest BCUT2D eigenvalue weighted by molar-refractivity contribution is -0.384. The van der Waals surface area contributed by atoms with E-state index in [1.807, 2.05) is 0 Å². The van der Waals surface area contributed by atoms with Crippen LogP contribution in [0.15, 0.2) is 76.9 Å². The molecule has 0 spiro atoms. The molecule has 166 valence electrons. The van der Waals surface area contributed by atoms with Gasteiger partial charge < -0.3 is 10.1 Å². The van der Waals surface area contributed by atoms with E-state index in [2.05, 4.69) is 21.2 Å². The lowest BCUT2D eigenvalue weighted by Gasteiger charge is -2.12. The number of urea groups is 1. The predicted octanol–water partition coefficient (Wildman–Crippen LogP) is 5.69. The van der Waals surface area contributed by atoms with Gasteiger partial charge in [-0.3, -0.25) is 14.9 Å². The van der Waals surface area contributed by atoms with Crippen LogP contribution in [0.2, 0.25) is 5.02 Å². The summed E-state index contributed by atoms with van der Waals surface area (Å²) < 4.78 is 6.64. The molecule has 3 amide bonds. The average Bonchev–Trinajstić information content (AvgIpc) is 3.07. The number of anilines is 1. The number of imide groups is 1. The second kappa shape index (κ2) is 9.43. The minimum atomic E-state index is -0.572. The van der Waals surface area contributed by atoms with Crippen LogP contribution in [0, 0.1) is 10.1 Å². The van der Waals surface area contributed by atoms with Gasteiger partial charge in [-0.1, -0.05) is 27.5 Å². The van der Waals surface area contributed by atoms with Crippen molar-refractivity contribution in [3.63, 3.8) is 0 Å². The highest BCUT2D eigenvalue weighted by atomic mass is 79.9. The number of benzene rings is 3. The number of carbonyl (C=O) groups excluding carboxylic acids is 2. The quantitative estimate of drug-likeness (QED) is 0.192. The third-order valence-corrected chi connectivity index (χ3v) is 5.52. The number of hydrogen-bond acceptors (Lipinski definition) is 5. The first-order valence-corrected chi connectivity index (χ1v) is 10.8. The van der Waals surface area contributed by atoms with Crippen molar-refractivity contribution in [3.05, 3.63) is 103 Å². The summed E-state index contributed by atoms with van der Waals surface area (Å²) in [5, 5.41) is 13.9. The Kier molecular flexibility index (Phi) is 6.43. The van der Waals surface area contributed by atoms with Gasteiger partial charge in [0.15, 0.2) is 0 Å². The Morgan fingerprint density at radius 1 is 1.06 bits per heavy atom. The molecule has 0 atom stereocenters. The Bertz CT molecular complexity index is 1280. The third-order valence-electron chi connectivity index (χ3n) is 4.78. The molecular weight excluding hydrogens is 514 g/mol. The van der Waals surface area contributed by atoms with Gasteiger partial charge in [0.05, 0.1) is 10.6 Å². The number of halogens is 2. The van der Waals surface area contributed by atoms with E-state index in [1.165, 1.54) is 18.2 Å². The van der Waals surface area contributed by atoms with Crippen LogP contribution in [0.5, 0.6) is 5.75 Å². The van der Waals surface area contributed by atoms with Gasteiger partial charge in [-0.15, -0.1) is 0 Å². The van der Waals surface area contributed by atoms with E-state index in [9.17, 15) is 19.7 Å². The normalized spacial score (nSPS) is 14.5. The van der Waals surface area contributed by atoms with Crippen LogP contribution >= 0.6 is 27.5 Å². The molecule has 1 aliphatic rings. The van der Waals surface area contributed by atoms with Gasteiger partial charge in [0.2, 0.25) is 0 Å². The standard InChI is InChI=1S/C23H15BrClN3O5/c24-16-3-10-21(33-13-14-1-6-19(7-2-14)28(31)32)15(11-16)12-20-22(29)27(23(30)26-20)18-8-4-17(25)5-9-18/h1-12H,13H2,(H,26,30)/b20-12+. The monoisotopic (exact) mass is 527 g/mol. The highest BCUT2D eigenvalue weighted by Gasteiger charge is 2.35. The van der Waals surface area contributed by atoms with Crippen molar-refractivity contribution >= 4 is 56.9 Å². The number of ether oxygens (including phenoxy) is 1. The summed E-state index contributed by atoms with van der Waals surface area (Å²) >= 11 is 9.29. The second-order valence-corrected chi connectivity index (χ2v) is 8.35. The van der Waals surface area contributed by atoms with E-state index in [-0.39, 0.29) is 18.0 Å². The number of carbonyl (C=O) groups is 2. The van der Waals surface area contributed by atoms with Crippen molar-refractivity contribution in [2.45, 2.75) is 6.61 Å². The summed E-state index contributed by atoms with van der Waals surface area (Å²) in [7, 11) is 0. The number of nitrogens with zero attached hydrogens (tertiary/aromatic N) is 2. The van der Waals surface area contributed by atoms with E-state index in [4.69, 9.17) is 16.3 Å². The van der Waals surface area contributed by atoms with Crippen molar-refractivity contribution in [1.82, 2.24) is 5.32 Å². The number of nitrogens with one attached hydrogen (secondary N) is 1. The fourth-order valence-electron chi connectivity index (χ4n) is 3.15. The van der Waals surface area contributed by atoms with Crippen molar-refractivity contribution in [2.24, 2.45) is 0 Å². The first kappa shape index (κ1) is 22.5. The Hall–Kier alpha value is -3.69. The number of amides is 3. The molecule has 0 aromatic heterocycles. The van der Waals surface area contributed by atoms with Crippen molar-refractivity contribution in [1.29, 1.82) is 0 Å². The Labute approximate surface area is 201 Å². The van der Waals surface area contributed by atoms with Crippen LogP contribution in [0.1, 0.15) is 11.1 Å². The van der Waals surface area contributed by atoms with Gasteiger partial charge in [0.1, 0.15) is 18.1 Å². The molecule has 0 unspecified atom stereocenters. The second-order valence-electron chi connectivity index (χ2n) is 7.00. The average molecular weight is 529 g/mol. The SMILES string of the molecule is O=C1N/C(=C/c2cc(Br)ccc2OCc2ccc([N+](=O)[O-])cc2)C(=O)N1c1ccc(Cl)cc1. The summed E-state index contributed by atoms with van der Waals surface area (Å²) in [6.45, 7) is 0.160. The van der Waals surface area contributed by atoms with E-state index in [1.54, 1.807) is 54.6 Å². The number of hydrogen-bond donors (Lipinski definition) is 1. The molecule has 33 heavy (non-hydrogen) atoms. The van der Waals surface area contributed by atoms with Crippen LogP contribution < -0.4 is 15.0 Å². The number of nitro groups is 1. The van der Waals surface area contributed by atoms with Gasteiger partial charge in [0, 0.05) is 27.2 Å². The van der Waals surface area contributed by atoms with Gasteiger partial charge >= 0.3 is 6.03 Å². The zero-order valence-electron chi connectivity index (χ0n) is 16.8. The lowest BCUT2D eigenvalue weighted by Crippen LogP contribution is -2.30. The van der Waals surface area contributed by atoms with Crippen LogP contribution in [0.4, 0.5) is 16.2 Å².